The van der Waals surface area contributed by atoms with Crippen LogP contribution >= 0.6 is 7.92 Å². The number of aliphatic imine (C=N–C) groups is 1. The van der Waals surface area contributed by atoms with Crippen molar-refractivity contribution >= 4 is 24.4 Å². The summed E-state index contributed by atoms with van der Waals surface area (Å²) in [6.07, 6.45) is 6.62. The van der Waals surface area contributed by atoms with Crippen LogP contribution in [0.1, 0.15) is 6.92 Å². The van der Waals surface area contributed by atoms with Crippen molar-refractivity contribution in [2.45, 2.75) is 13.0 Å². The third kappa shape index (κ3) is 2.95. The number of hydrogen-bond acceptors (Lipinski definition) is 2. The monoisotopic (exact) mass is 333 g/mol. The average molecular weight is 333 g/mol. The Labute approximate surface area is 144 Å². The van der Waals surface area contributed by atoms with Gasteiger partial charge in [-0.3, -0.25) is 0 Å². The Hall–Kier alpha value is -2.18. The van der Waals surface area contributed by atoms with Crippen molar-refractivity contribution in [1.82, 2.24) is 0 Å². The lowest BCUT2D eigenvalue weighted by molar-refractivity contribution is 0.313. The number of allylic oxidation sites excluding steroid dienone is 2. The highest BCUT2D eigenvalue weighted by Gasteiger charge is 2.32. The number of nitrogens with zero attached hydrogens (tertiary/aromatic N) is 1. The smallest absolute Gasteiger partial charge is 0.195 e. The summed E-state index contributed by atoms with van der Waals surface area (Å²) in [6.45, 7) is 2.80. The molecule has 2 nitrogen and oxygen atoms in total. The Kier molecular flexibility index (Phi) is 4.32. The lowest BCUT2D eigenvalue weighted by Gasteiger charge is -2.24. The van der Waals surface area contributed by atoms with E-state index in [9.17, 15) is 0 Å². The molecule has 120 valence electrons. The van der Waals surface area contributed by atoms with Crippen molar-refractivity contribution in [3.05, 3.63) is 84.2 Å². The molecular weight excluding hydrogens is 313 g/mol. The van der Waals surface area contributed by atoms with E-state index in [1.807, 2.05) is 0 Å². The molecule has 3 heteroatoms. The Balaban J connectivity index is 1.75. The van der Waals surface area contributed by atoms with E-state index in [0.717, 1.165) is 5.90 Å². The van der Waals surface area contributed by atoms with Crippen molar-refractivity contribution in [3.8, 4) is 0 Å². The van der Waals surface area contributed by atoms with Gasteiger partial charge in [-0.1, -0.05) is 78.9 Å². The molecule has 0 aromatic heterocycles. The Morgan fingerprint density at radius 3 is 2.12 bits per heavy atom. The maximum Gasteiger partial charge on any atom is 0.195 e. The van der Waals surface area contributed by atoms with E-state index in [0.29, 0.717) is 6.61 Å². The first-order chi connectivity index (χ1) is 11.8. The van der Waals surface area contributed by atoms with Crippen LogP contribution in [-0.4, -0.2) is 18.5 Å². The molecule has 1 aliphatic carbocycles. The summed E-state index contributed by atoms with van der Waals surface area (Å²) in [5, 5.41) is 4.13. The van der Waals surface area contributed by atoms with Gasteiger partial charge < -0.3 is 4.74 Å². The van der Waals surface area contributed by atoms with Gasteiger partial charge in [0.1, 0.15) is 6.61 Å². The van der Waals surface area contributed by atoms with E-state index >= 15 is 0 Å². The van der Waals surface area contributed by atoms with Crippen LogP contribution in [0.4, 0.5) is 0 Å². The van der Waals surface area contributed by atoms with Crippen LogP contribution < -0.4 is 10.6 Å². The van der Waals surface area contributed by atoms with Gasteiger partial charge >= 0.3 is 0 Å². The van der Waals surface area contributed by atoms with E-state index in [-0.39, 0.29) is 12.0 Å². The molecule has 4 rings (SSSR count). The number of benzene rings is 2. The number of ether oxygens (including phenoxy) is 1. The second-order valence-corrected chi connectivity index (χ2v) is 8.31. The minimum absolute atomic E-state index is 0.168. The number of rotatable bonds is 4. The Morgan fingerprint density at radius 2 is 1.58 bits per heavy atom. The minimum atomic E-state index is -0.584. The van der Waals surface area contributed by atoms with Gasteiger partial charge in [0.15, 0.2) is 5.90 Å². The summed E-state index contributed by atoms with van der Waals surface area (Å²) in [5.74, 6) is 1.04. The van der Waals surface area contributed by atoms with Crippen LogP contribution in [0.25, 0.3) is 0 Å². The molecule has 0 spiro atoms. The normalized spacial score (nSPS) is 22.4. The van der Waals surface area contributed by atoms with Gasteiger partial charge in [0.25, 0.3) is 0 Å². The van der Waals surface area contributed by atoms with Crippen LogP contribution in [-0.2, 0) is 4.74 Å². The SMILES string of the molecule is CC1COC(C2C=CC=C2P(c2ccccc2)c2ccccc2)=N1. The van der Waals surface area contributed by atoms with E-state index in [2.05, 4.69) is 85.8 Å². The van der Waals surface area contributed by atoms with Gasteiger partial charge in [0.2, 0.25) is 0 Å². The van der Waals surface area contributed by atoms with Gasteiger partial charge in [-0.2, -0.15) is 0 Å². The van der Waals surface area contributed by atoms with E-state index in [1.165, 1.54) is 15.9 Å². The largest absolute Gasteiger partial charge is 0.478 e. The standard InChI is InChI=1S/C21H20NOP/c1-16-15-23-21(22-16)19-13-8-14-20(19)24(17-9-4-2-5-10-17)18-11-6-3-7-12-18/h2-14,16,19H,15H2,1H3. The first kappa shape index (κ1) is 15.4. The molecule has 0 fully saturated rings. The van der Waals surface area contributed by atoms with Crippen LogP contribution in [0, 0.1) is 5.92 Å². The van der Waals surface area contributed by atoms with Gasteiger partial charge in [0, 0.05) is 0 Å². The molecule has 0 radical (unpaired) electrons. The molecule has 0 bridgehead atoms. The lowest BCUT2D eigenvalue weighted by atomic mass is 10.2. The quantitative estimate of drug-likeness (QED) is 0.775. The Bertz CT molecular complexity index is 756. The molecule has 1 aliphatic heterocycles. The molecule has 2 atom stereocenters. The molecule has 2 unspecified atom stereocenters. The fourth-order valence-corrected chi connectivity index (χ4v) is 5.70. The first-order valence-corrected chi connectivity index (χ1v) is 9.66. The maximum absolute atomic E-state index is 5.87. The molecular formula is C21H20NOP. The zero-order valence-electron chi connectivity index (χ0n) is 13.7. The molecule has 0 N–H and O–H groups in total. The molecule has 2 aromatic rings. The third-order valence-electron chi connectivity index (χ3n) is 4.26. The lowest BCUT2D eigenvalue weighted by Crippen LogP contribution is -2.20. The molecule has 1 heterocycles. The van der Waals surface area contributed by atoms with Crippen LogP contribution in [0.5, 0.6) is 0 Å². The van der Waals surface area contributed by atoms with E-state index in [1.54, 1.807) is 0 Å². The predicted octanol–water partition coefficient (Wildman–Crippen LogP) is 4.01. The average Bonchev–Trinajstić information content (AvgIpc) is 3.26. The topological polar surface area (TPSA) is 21.6 Å². The highest BCUT2D eigenvalue weighted by Crippen LogP contribution is 2.49. The zero-order chi connectivity index (χ0) is 16.4. The summed E-state index contributed by atoms with van der Waals surface area (Å²) in [5.41, 5.74) is 0. The summed E-state index contributed by atoms with van der Waals surface area (Å²) in [4.78, 5) is 4.70. The van der Waals surface area contributed by atoms with Gasteiger partial charge in [0.05, 0.1) is 12.0 Å². The molecule has 2 aromatic carbocycles. The summed E-state index contributed by atoms with van der Waals surface area (Å²) < 4.78 is 5.87. The van der Waals surface area contributed by atoms with Crippen molar-refractivity contribution in [2.75, 3.05) is 6.61 Å². The fraction of sp³-hybridized carbons (Fsp3) is 0.190. The minimum Gasteiger partial charge on any atom is -0.478 e. The fourth-order valence-electron chi connectivity index (χ4n) is 3.16. The molecule has 0 saturated heterocycles. The van der Waals surface area contributed by atoms with Crippen LogP contribution in [0.15, 0.2) is 89.2 Å². The maximum atomic E-state index is 5.87. The van der Waals surface area contributed by atoms with Gasteiger partial charge in [-0.15, -0.1) is 0 Å². The van der Waals surface area contributed by atoms with E-state index in [4.69, 9.17) is 9.73 Å². The van der Waals surface area contributed by atoms with Crippen molar-refractivity contribution in [2.24, 2.45) is 10.9 Å². The van der Waals surface area contributed by atoms with Crippen LogP contribution in [0.3, 0.4) is 0 Å². The molecule has 24 heavy (non-hydrogen) atoms. The second-order valence-electron chi connectivity index (χ2n) is 6.09. The van der Waals surface area contributed by atoms with Gasteiger partial charge in [-0.25, -0.2) is 4.99 Å². The third-order valence-corrected chi connectivity index (χ3v) is 6.83. The summed E-state index contributed by atoms with van der Waals surface area (Å²) in [6, 6.07) is 21.8. The molecule has 0 saturated carbocycles. The second kappa shape index (κ2) is 6.75. The number of hydrogen-bond donors (Lipinski definition) is 0. The summed E-state index contributed by atoms with van der Waals surface area (Å²) >= 11 is 0. The molecule has 2 aliphatic rings. The highest BCUT2D eigenvalue weighted by molar-refractivity contribution is 7.76. The Morgan fingerprint density at radius 1 is 0.958 bits per heavy atom. The van der Waals surface area contributed by atoms with Crippen molar-refractivity contribution in [3.63, 3.8) is 0 Å². The van der Waals surface area contributed by atoms with Crippen molar-refractivity contribution in [1.29, 1.82) is 0 Å². The zero-order valence-corrected chi connectivity index (χ0v) is 14.6. The summed E-state index contributed by atoms with van der Waals surface area (Å²) in [7, 11) is -0.584. The highest BCUT2D eigenvalue weighted by atomic mass is 31.1. The van der Waals surface area contributed by atoms with Gasteiger partial charge in [-0.05, 0) is 30.8 Å². The molecule has 0 amide bonds. The first-order valence-electron chi connectivity index (χ1n) is 8.32. The van der Waals surface area contributed by atoms with E-state index < -0.39 is 7.92 Å². The predicted molar refractivity (Wildman–Crippen MR) is 103 cm³/mol. The van der Waals surface area contributed by atoms with Crippen LogP contribution in [0.2, 0.25) is 0 Å². The van der Waals surface area contributed by atoms with Crippen molar-refractivity contribution < 1.29 is 4.74 Å².